The molecule has 0 atom stereocenters. The predicted octanol–water partition coefficient (Wildman–Crippen LogP) is 13.3. The summed E-state index contributed by atoms with van der Waals surface area (Å²) >= 11 is 0. The van der Waals surface area contributed by atoms with Gasteiger partial charge in [0.15, 0.2) is 92.2 Å². The van der Waals surface area contributed by atoms with E-state index in [0.29, 0.717) is 58.3 Å². The van der Waals surface area contributed by atoms with Gasteiger partial charge in [-0.15, -0.1) is 0 Å². The number of phenols is 8. The van der Waals surface area contributed by atoms with Gasteiger partial charge >= 0.3 is 0 Å². The molecule has 0 spiro atoms. The first-order chi connectivity index (χ1) is 48.8. The highest BCUT2D eigenvalue weighted by Gasteiger charge is 2.14. The van der Waals surface area contributed by atoms with E-state index in [1.165, 1.54) is 139 Å². The molecule has 528 valence electrons. The quantitative estimate of drug-likeness (QED) is 0.0148. The highest BCUT2D eigenvalue weighted by molar-refractivity contribution is 6.12. The number of phenolic OH excluding ortho intramolecular Hbond substituents is 8. The van der Waals surface area contributed by atoms with Crippen molar-refractivity contribution < 1.29 is 103 Å². The van der Waals surface area contributed by atoms with Gasteiger partial charge < -0.3 is 64.5 Å². The number of ketones is 8. The van der Waals surface area contributed by atoms with E-state index in [-0.39, 0.29) is 131 Å². The molecule has 0 fully saturated rings. The van der Waals surface area contributed by atoms with Crippen molar-refractivity contribution >= 4 is 82.7 Å². The lowest BCUT2D eigenvalue weighted by atomic mass is 10.0. The number of benzene rings is 8. The minimum atomic E-state index is -0.347. The Kier molecular flexibility index (Phi) is 32.7. The van der Waals surface area contributed by atoms with Gasteiger partial charge in [-0.05, 0) is 191 Å². The van der Waals surface area contributed by atoms with Gasteiger partial charge in [0.25, 0.3) is 0 Å². The summed E-state index contributed by atoms with van der Waals surface area (Å²) in [7, 11) is 7.23. The van der Waals surface area contributed by atoms with Crippen LogP contribution in [-0.2, 0) is 51.2 Å². The van der Waals surface area contributed by atoms with Crippen LogP contribution in [-0.4, -0.2) is 123 Å². The predicted molar refractivity (Wildman–Crippen MR) is 387 cm³/mol. The van der Waals surface area contributed by atoms with Crippen LogP contribution in [0.25, 0.3) is 36.5 Å². The number of carbonyl (C=O) groups excluding carboxylic acids is 8. The van der Waals surface area contributed by atoms with Crippen LogP contribution in [0.4, 0.5) is 0 Å². The average molecular weight is 1390 g/mol. The van der Waals surface area contributed by atoms with E-state index >= 15 is 0 Å². The van der Waals surface area contributed by atoms with Crippen molar-refractivity contribution in [3.8, 4) is 74.7 Å². The molecule has 21 nitrogen and oxygen atoms in total. The van der Waals surface area contributed by atoms with Crippen molar-refractivity contribution in [2.45, 2.75) is 51.4 Å². The van der Waals surface area contributed by atoms with Crippen molar-refractivity contribution in [1.82, 2.24) is 0 Å². The van der Waals surface area contributed by atoms with Gasteiger partial charge in [-0.2, -0.15) is 0 Å². The van der Waals surface area contributed by atoms with Crippen LogP contribution in [0.15, 0.2) is 200 Å². The molecule has 8 N–H and O–H groups in total. The molecule has 0 aliphatic heterocycles. The van der Waals surface area contributed by atoms with Crippen LogP contribution in [0.1, 0.15) is 83.0 Å². The number of Topliss-reactive ketones (excluding diaryl/α,β-unsaturated/α-hetero) is 2. The van der Waals surface area contributed by atoms with Crippen LogP contribution >= 0.6 is 0 Å². The molecule has 0 aromatic heterocycles. The molecule has 8 aromatic rings. The Hall–Kier alpha value is -13.0. The molecule has 0 amide bonds. The van der Waals surface area contributed by atoms with Crippen LogP contribution in [0.3, 0.4) is 0 Å². The number of rotatable bonds is 31. The maximum atomic E-state index is 12.1. The molecule has 8 aromatic carbocycles. The standard InChI is InChI=1S/C21H24O6.C21H20O6.C20H18O5.C19H16O4/c2*1-26-20-11-14(5-9-18(20)24)3-7-16(22)13-17(23)8-4-15-6-10-19(25)21(12-15)27-2;1-25-20-12-15(6-11-19(20)24)5-10-18(23)13-17(22)9-4-14-2-7-16(21)8-3-14;20-16-7-1-14(2-8-16)5-11-18(22)13-19(23)12-6-15-3-9-17(21)10-4-15/h5-6,9-12,24-25H,3-4,7-8,13H2,1-2H3;3-12,24-25H,13H2,1-2H3;2-12,21,24H,13H2,1H3;1-12,20-21H,13H2/b;7-3+,8-4+;9-4+,10-5+;11-5+,12-6+. The van der Waals surface area contributed by atoms with Crippen LogP contribution in [0, 0.1) is 0 Å². The minimum Gasteiger partial charge on any atom is -0.508 e. The van der Waals surface area contributed by atoms with E-state index in [2.05, 4.69) is 0 Å². The summed E-state index contributed by atoms with van der Waals surface area (Å²) in [5.41, 5.74) is 6.02. The van der Waals surface area contributed by atoms with E-state index in [9.17, 15) is 69.0 Å². The van der Waals surface area contributed by atoms with Crippen LogP contribution < -0.4 is 23.7 Å². The maximum Gasteiger partial charge on any atom is 0.163 e. The number of carbonyl (C=O) groups is 8. The topological polar surface area (TPSA) is 345 Å². The monoisotopic (exact) mass is 1390 g/mol. The highest BCUT2D eigenvalue weighted by atomic mass is 16.5. The Morgan fingerprint density at radius 3 is 0.706 bits per heavy atom. The zero-order chi connectivity index (χ0) is 74.5. The number of hydrogen-bond acceptors (Lipinski definition) is 21. The molecular formula is C81H78O21. The van der Waals surface area contributed by atoms with E-state index in [0.717, 1.165) is 27.8 Å². The number of hydrogen-bond donors (Lipinski definition) is 8. The maximum absolute atomic E-state index is 12.1. The second kappa shape index (κ2) is 41.9. The largest absolute Gasteiger partial charge is 0.508 e. The third kappa shape index (κ3) is 29.4. The second-order valence-electron chi connectivity index (χ2n) is 22.2. The Balaban J connectivity index is 0.000000245. The number of ether oxygens (including phenoxy) is 5. The van der Waals surface area contributed by atoms with Gasteiger partial charge in [0.1, 0.15) is 28.8 Å². The molecule has 0 aliphatic rings. The fraction of sp³-hybridized carbons (Fsp3) is 0.160. The van der Waals surface area contributed by atoms with E-state index in [1.54, 1.807) is 134 Å². The second-order valence-corrected chi connectivity index (χ2v) is 22.2. The highest BCUT2D eigenvalue weighted by Crippen LogP contribution is 2.31. The molecule has 0 unspecified atom stereocenters. The fourth-order valence-corrected chi connectivity index (χ4v) is 8.87. The lowest BCUT2D eigenvalue weighted by Gasteiger charge is -2.07. The summed E-state index contributed by atoms with van der Waals surface area (Å²) in [6.07, 6.45) is 18.1. The van der Waals surface area contributed by atoms with Gasteiger partial charge in [0.05, 0.1) is 61.2 Å². The van der Waals surface area contributed by atoms with Gasteiger partial charge in [0.2, 0.25) is 0 Å². The summed E-state index contributed by atoms with van der Waals surface area (Å²) in [6.45, 7) is 0. The van der Waals surface area contributed by atoms with Crippen molar-refractivity contribution in [3.05, 3.63) is 245 Å². The zero-order valence-electron chi connectivity index (χ0n) is 56.6. The van der Waals surface area contributed by atoms with Crippen molar-refractivity contribution in [2.24, 2.45) is 0 Å². The molecular weight excluding hydrogens is 1310 g/mol. The van der Waals surface area contributed by atoms with Crippen LogP contribution in [0.5, 0.6) is 74.7 Å². The summed E-state index contributed by atoms with van der Waals surface area (Å²) < 4.78 is 25.1. The SMILES string of the molecule is COc1cc(/C=C/C(=O)CC(=O)/C=C/c2ccc(O)c(OC)c2)ccc1O.COc1cc(/C=C/C(=O)CC(=O)/C=C/c2ccc(O)cc2)ccc1O.COc1cc(CCC(=O)CC(=O)CCc2ccc(O)c(OC)c2)ccc1O.O=C(/C=C/c1ccc(O)cc1)CC(=O)/C=C/c1ccc(O)cc1. The smallest absolute Gasteiger partial charge is 0.163 e. The fourth-order valence-electron chi connectivity index (χ4n) is 8.87. The van der Waals surface area contributed by atoms with Gasteiger partial charge in [-0.3, -0.25) is 38.4 Å². The summed E-state index contributed by atoms with van der Waals surface area (Å²) in [6, 6.07) is 43.0. The normalized spacial score (nSPS) is 10.9. The minimum absolute atomic E-state index is 0.00662. The van der Waals surface area contributed by atoms with E-state index < -0.39 is 0 Å². The van der Waals surface area contributed by atoms with Crippen molar-refractivity contribution in [3.63, 3.8) is 0 Å². The lowest BCUT2D eigenvalue weighted by Crippen LogP contribution is -2.09. The third-order valence-corrected chi connectivity index (χ3v) is 14.4. The molecule has 0 aliphatic carbocycles. The van der Waals surface area contributed by atoms with Crippen LogP contribution in [0.2, 0.25) is 0 Å². The Morgan fingerprint density at radius 1 is 0.265 bits per heavy atom. The molecule has 0 saturated carbocycles. The molecule has 21 heteroatoms. The first-order valence-electron chi connectivity index (χ1n) is 31.3. The third-order valence-electron chi connectivity index (χ3n) is 14.4. The Bertz CT molecular complexity index is 4180. The zero-order valence-corrected chi connectivity index (χ0v) is 56.6. The van der Waals surface area contributed by atoms with Gasteiger partial charge in [-0.25, -0.2) is 0 Å². The van der Waals surface area contributed by atoms with Gasteiger partial charge in [-0.1, -0.05) is 103 Å². The lowest BCUT2D eigenvalue weighted by molar-refractivity contribution is -0.127. The van der Waals surface area contributed by atoms with E-state index in [4.69, 9.17) is 33.9 Å². The molecule has 0 radical (unpaired) electrons. The first-order valence-corrected chi connectivity index (χ1v) is 31.3. The van der Waals surface area contributed by atoms with Crippen molar-refractivity contribution in [2.75, 3.05) is 35.5 Å². The summed E-state index contributed by atoms with van der Waals surface area (Å²) in [5, 5.41) is 75.3. The van der Waals surface area contributed by atoms with Crippen molar-refractivity contribution in [1.29, 1.82) is 0 Å². The molecule has 8 rings (SSSR count). The van der Waals surface area contributed by atoms with Gasteiger partial charge in [0, 0.05) is 12.8 Å². The Morgan fingerprint density at radius 2 is 0.471 bits per heavy atom. The molecule has 0 saturated heterocycles. The first kappa shape index (κ1) is 79.6. The number of methoxy groups -OCH3 is 5. The molecule has 0 heterocycles. The summed E-state index contributed by atoms with van der Waals surface area (Å²) in [4.78, 5) is 95.1. The Labute approximate surface area is 589 Å². The average Bonchev–Trinajstić information content (AvgIpc) is 0.925. The number of aryl methyl sites for hydroxylation is 2. The number of aromatic hydroxyl groups is 8. The number of allylic oxidation sites excluding steroid dienone is 6. The summed E-state index contributed by atoms with van der Waals surface area (Å²) in [5.74, 6) is 0.0627. The van der Waals surface area contributed by atoms with E-state index in [1.807, 2.05) is 0 Å². The molecule has 0 bridgehead atoms. The molecule has 102 heavy (non-hydrogen) atoms.